The van der Waals surface area contributed by atoms with Gasteiger partial charge in [0.2, 0.25) is 6.10 Å². The normalized spacial score (nSPS) is 11.1. The molecule has 0 aliphatic rings. The van der Waals surface area contributed by atoms with Crippen LogP contribution in [0.15, 0.2) is 54.6 Å². The van der Waals surface area contributed by atoms with E-state index in [9.17, 15) is 10.1 Å². The molecule has 118 valence electrons. The molecule has 1 unspecified atom stereocenters. The van der Waals surface area contributed by atoms with Gasteiger partial charge < -0.3 is 14.2 Å². The molecule has 0 bridgehead atoms. The van der Waals surface area contributed by atoms with Crippen LogP contribution in [0, 0.1) is 11.3 Å². The summed E-state index contributed by atoms with van der Waals surface area (Å²) in [4.78, 5) is 11.4. The van der Waals surface area contributed by atoms with E-state index in [1.807, 2.05) is 36.4 Å². The molecule has 2 aromatic carbocycles. The lowest BCUT2D eigenvalue weighted by Gasteiger charge is -2.15. The number of nitrogens with zero attached hydrogens (tertiary/aromatic N) is 1. The first-order valence-electron chi connectivity index (χ1n) is 7.23. The van der Waals surface area contributed by atoms with Crippen LogP contribution in [0.25, 0.3) is 0 Å². The third-order valence-corrected chi connectivity index (χ3v) is 3.03. The molecule has 0 saturated heterocycles. The van der Waals surface area contributed by atoms with Crippen molar-refractivity contribution in [3.05, 3.63) is 65.7 Å². The smallest absolute Gasteiger partial charge is 0.488 e. The summed E-state index contributed by atoms with van der Waals surface area (Å²) in [5.74, 6) is 0.493. The fraction of sp³-hybridized carbons (Fsp3) is 0.222. The highest BCUT2D eigenvalue weighted by molar-refractivity contribution is 5.61. The van der Waals surface area contributed by atoms with E-state index < -0.39 is 12.3 Å². The minimum absolute atomic E-state index is 0.184. The molecule has 0 spiro atoms. The van der Waals surface area contributed by atoms with Crippen molar-refractivity contribution in [3.8, 4) is 11.8 Å². The number of para-hydroxylation sites is 1. The Balaban J connectivity index is 2.12. The predicted octanol–water partition coefficient (Wildman–Crippen LogP) is 4.00. The summed E-state index contributed by atoms with van der Waals surface area (Å²) >= 11 is 0. The number of benzene rings is 2. The molecule has 1 atom stereocenters. The maximum Gasteiger partial charge on any atom is 0.509 e. The number of rotatable bonds is 6. The largest absolute Gasteiger partial charge is 0.509 e. The van der Waals surface area contributed by atoms with E-state index >= 15 is 0 Å². The monoisotopic (exact) mass is 311 g/mol. The standard InChI is InChI=1S/C18H17NO4/c1-2-21-18(20)23-17(12-19)15-10-6-7-11-16(15)22-13-14-8-4-3-5-9-14/h3-11,17H,2,13H2,1H3. The molecule has 0 N–H and O–H groups in total. The summed E-state index contributed by atoms with van der Waals surface area (Å²) in [7, 11) is 0. The van der Waals surface area contributed by atoms with Gasteiger partial charge in [0.05, 0.1) is 6.61 Å². The lowest BCUT2D eigenvalue weighted by Crippen LogP contribution is -2.12. The van der Waals surface area contributed by atoms with Gasteiger partial charge in [0.15, 0.2) is 0 Å². The summed E-state index contributed by atoms with van der Waals surface area (Å²) in [5.41, 5.74) is 1.49. The van der Waals surface area contributed by atoms with Gasteiger partial charge in [-0.3, -0.25) is 0 Å². The Morgan fingerprint density at radius 2 is 1.83 bits per heavy atom. The Morgan fingerprint density at radius 3 is 2.52 bits per heavy atom. The molecule has 2 aromatic rings. The van der Waals surface area contributed by atoms with E-state index in [1.165, 1.54) is 0 Å². The van der Waals surface area contributed by atoms with Crippen LogP contribution in [-0.2, 0) is 16.1 Å². The predicted molar refractivity (Wildman–Crippen MR) is 83.7 cm³/mol. The SMILES string of the molecule is CCOC(=O)OC(C#N)c1ccccc1OCc1ccccc1. The molecule has 0 aromatic heterocycles. The van der Waals surface area contributed by atoms with Crippen LogP contribution < -0.4 is 4.74 Å². The minimum Gasteiger partial charge on any atom is -0.488 e. The van der Waals surface area contributed by atoms with Crippen molar-refractivity contribution in [2.45, 2.75) is 19.6 Å². The van der Waals surface area contributed by atoms with E-state index in [2.05, 4.69) is 0 Å². The molecule has 0 heterocycles. The third-order valence-electron chi connectivity index (χ3n) is 3.03. The van der Waals surface area contributed by atoms with Crippen molar-refractivity contribution in [1.82, 2.24) is 0 Å². The Bertz CT molecular complexity index is 679. The average Bonchev–Trinajstić information content (AvgIpc) is 2.59. The number of carbonyl (C=O) groups excluding carboxylic acids is 1. The topological polar surface area (TPSA) is 68.5 Å². The van der Waals surface area contributed by atoms with Crippen LogP contribution in [0.3, 0.4) is 0 Å². The van der Waals surface area contributed by atoms with Crippen molar-refractivity contribution in [2.75, 3.05) is 6.61 Å². The van der Waals surface area contributed by atoms with Gasteiger partial charge in [0.25, 0.3) is 0 Å². The van der Waals surface area contributed by atoms with Crippen LogP contribution in [-0.4, -0.2) is 12.8 Å². The maximum atomic E-state index is 11.4. The molecule has 0 aliphatic carbocycles. The molecule has 0 saturated carbocycles. The Morgan fingerprint density at radius 1 is 1.13 bits per heavy atom. The Kier molecular flexibility index (Phi) is 6.01. The number of nitriles is 1. The molecule has 0 fully saturated rings. The highest BCUT2D eigenvalue weighted by Crippen LogP contribution is 2.28. The van der Waals surface area contributed by atoms with Crippen molar-refractivity contribution in [3.63, 3.8) is 0 Å². The lowest BCUT2D eigenvalue weighted by atomic mass is 10.1. The zero-order chi connectivity index (χ0) is 16.5. The first-order valence-corrected chi connectivity index (χ1v) is 7.23. The van der Waals surface area contributed by atoms with Crippen molar-refractivity contribution < 1.29 is 19.0 Å². The van der Waals surface area contributed by atoms with Crippen molar-refractivity contribution in [1.29, 1.82) is 5.26 Å². The number of ether oxygens (including phenoxy) is 3. The second-order valence-electron chi connectivity index (χ2n) is 4.62. The molecule has 5 nitrogen and oxygen atoms in total. The van der Waals surface area contributed by atoms with Crippen LogP contribution in [0.1, 0.15) is 24.2 Å². The number of hydrogen-bond donors (Lipinski definition) is 0. The van der Waals surface area contributed by atoms with E-state index in [1.54, 1.807) is 31.2 Å². The van der Waals surface area contributed by atoms with Gasteiger partial charge in [-0.1, -0.05) is 48.5 Å². The number of hydrogen-bond acceptors (Lipinski definition) is 5. The van der Waals surface area contributed by atoms with Gasteiger partial charge in [0, 0.05) is 5.56 Å². The van der Waals surface area contributed by atoms with Crippen molar-refractivity contribution in [2.24, 2.45) is 0 Å². The summed E-state index contributed by atoms with van der Waals surface area (Å²) < 4.78 is 15.5. The van der Waals surface area contributed by atoms with Gasteiger partial charge in [-0.05, 0) is 18.6 Å². The molecular weight excluding hydrogens is 294 g/mol. The first-order chi connectivity index (χ1) is 11.2. The highest BCUT2D eigenvalue weighted by atomic mass is 16.7. The second-order valence-corrected chi connectivity index (χ2v) is 4.62. The first kappa shape index (κ1) is 16.4. The van der Waals surface area contributed by atoms with E-state index in [0.29, 0.717) is 17.9 Å². The lowest BCUT2D eigenvalue weighted by molar-refractivity contribution is 0.0413. The quantitative estimate of drug-likeness (QED) is 0.754. The number of carbonyl (C=O) groups is 1. The second kappa shape index (κ2) is 8.44. The summed E-state index contributed by atoms with van der Waals surface area (Å²) in [6, 6.07) is 18.6. The minimum atomic E-state index is -1.08. The maximum absolute atomic E-state index is 11.4. The Hall–Kier alpha value is -3.00. The molecule has 0 aliphatic heterocycles. The van der Waals surface area contributed by atoms with Crippen LogP contribution >= 0.6 is 0 Å². The van der Waals surface area contributed by atoms with Gasteiger partial charge in [0.1, 0.15) is 18.4 Å². The van der Waals surface area contributed by atoms with E-state index in [-0.39, 0.29) is 6.61 Å². The van der Waals surface area contributed by atoms with Crippen LogP contribution in [0.4, 0.5) is 4.79 Å². The zero-order valence-electron chi connectivity index (χ0n) is 12.8. The van der Waals surface area contributed by atoms with Gasteiger partial charge in [-0.25, -0.2) is 4.79 Å². The van der Waals surface area contributed by atoms with E-state index in [0.717, 1.165) is 5.56 Å². The van der Waals surface area contributed by atoms with Crippen LogP contribution in [0.2, 0.25) is 0 Å². The molecule has 5 heteroatoms. The summed E-state index contributed by atoms with van der Waals surface area (Å²) in [6.45, 7) is 2.21. The molecular formula is C18H17NO4. The Labute approximate surface area is 135 Å². The summed E-state index contributed by atoms with van der Waals surface area (Å²) in [6.07, 6.45) is -1.96. The van der Waals surface area contributed by atoms with Gasteiger partial charge >= 0.3 is 6.16 Å². The van der Waals surface area contributed by atoms with Gasteiger partial charge in [-0.15, -0.1) is 0 Å². The molecule has 0 radical (unpaired) electrons. The fourth-order valence-electron chi connectivity index (χ4n) is 1.97. The van der Waals surface area contributed by atoms with E-state index in [4.69, 9.17) is 14.2 Å². The molecule has 23 heavy (non-hydrogen) atoms. The van der Waals surface area contributed by atoms with Crippen molar-refractivity contribution >= 4 is 6.16 Å². The van der Waals surface area contributed by atoms with Gasteiger partial charge in [-0.2, -0.15) is 5.26 Å². The van der Waals surface area contributed by atoms with Crippen LogP contribution in [0.5, 0.6) is 5.75 Å². The third kappa shape index (κ3) is 4.75. The summed E-state index contributed by atoms with van der Waals surface area (Å²) in [5, 5.41) is 9.27. The molecule has 0 amide bonds. The average molecular weight is 311 g/mol. The highest BCUT2D eigenvalue weighted by Gasteiger charge is 2.20. The fourth-order valence-corrected chi connectivity index (χ4v) is 1.97. The molecule has 2 rings (SSSR count). The zero-order valence-corrected chi connectivity index (χ0v) is 12.8.